The highest BCUT2D eigenvalue weighted by molar-refractivity contribution is 6.04. The molecule has 0 aromatic carbocycles. The monoisotopic (exact) mass is 514 g/mol. The average molecular weight is 515 g/mol. The fourth-order valence-electron chi connectivity index (χ4n) is 7.47. The molecule has 0 spiro atoms. The molecule has 0 aromatic heterocycles. The molecule has 37 heavy (non-hydrogen) atoms. The van der Waals surface area contributed by atoms with Gasteiger partial charge in [0.05, 0.1) is 12.2 Å². The van der Waals surface area contributed by atoms with Crippen molar-refractivity contribution in [2.45, 2.75) is 63.9 Å². The number of hydrogen-bond donors (Lipinski definition) is 3. The van der Waals surface area contributed by atoms with Crippen LogP contribution in [0.15, 0.2) is 47.6 Å². The van der Waals surface area contributed by atoms with Crippen LogP contribution in [0.1, 0.15) is 41.0 Å². The van der Waals surface area contributed by atoms with Gasteiger partial charge in [-0.25, -0.2) is 4.79 Å². The van der Waals surface area contributed by atoms with Crippen molar-refractivity contribution >= 4 is 24.0 Å². The van der Waals surface area contributed by atoms with Crippen LogP contribution >= 0.6 is 0 Å². The van der Waals surface area contributed by atoms with Crippen molar-refractivity contribution in [2.75, 3.05) is 6.61 Å². The molecule has 0 aromatic rings. The average Bonchev–Trinajstić information content (AvgIpc) is 3.24. The molecule has 3 N–H and O–H groups in total. The standard InChI is InChI=1S/C28H34O9/c1-15-11-20-26(34,23(15)33)13-18(14-30)12-19-22-25(4,5)28(22,37-17(3)31)24(16(2)27(19,20)35)36-21(32)9-7-6-8-10-29/h6-12,16,19-20,22,24,30,34-35H,13-14H2,1-5H3/b8-6+,9-7+/t16-,19+,20-,22-,24-,26-,27-,28-/m1/s1. The van der Waals surface area contributed by atoms with Gasteiger partial charge in [-0.2, -0.15) is 0 Å². The predicted octanol–water partition coefficient (Wildman–Crippen LogP) is 1.36. The molecule has 200 valence electrons. The molecule has 0 saturated heterocycles. The van der Waals surface area contributed by atoms with E-state index in [1.165, 1.54) is 25.2 Å². The van der Waals surface area contributed by atoms with E-state index in [0.29, 0.717) is 17.4 Å². The van der Waals surface area contributed by atoms with E-state index >= 15 is 0 Å². The minimum atomic E-state index is -1.98. The molecule has 9 heteroatoms. The third-order valence-corrected chi connectivity index (χ3v) is 9.05. The summed E-state index contributed by atoms with van der Waals surface area (Å²) in [7, 11) is 0. The summed E-state index contributed by atoms with van der Waals surface area (Å²) in [6.45, 7) is 7.77. The highest BCUT2D eigenvalue weighted by atomic mass is 16.6. The lowest BCUT2D eigenvalue weighted by Crippen LogP contribution is -2.66. The highest BCUT2D eigenvalue weighted by Crippen LogP contribution is 2.77. The van der Waals surface area contributed by atoms with E-state index in [2.05, 4.69) is 0 Å². The van der Waals surface area contributed by atoms with Crippen molar-refractivity contribution in [1.82, 2.24) is 0 Å². The number of aldehydes is 1. The molecule has 0 aliphatic heterocycles. The number of fused-ring (bicyclic) bond motifs is 5. The summed E-state index contributed by atoms with van der Waals surface area (Å²) in [6, 6.07) is 0. The molecule has 0 bridgehead atoms. The second-order valence-corrected chi connectivity index (χ2v) is 11.3. The largest absolute Gasteiger partial charge is 0.455 e. The lowest BCUT2D eigenvalue weighted by atomic mass is 9.59. The van der Waals surface area contributed by atoms with Gasteiger partial charge in [0.2, 0.25) is 0 Å². The van der Waals surface area contributed by atoms with Crippen molar-refractivity contribution in [3.05, 3.63) is 47.6 Å². The number of aliphatic hydroxyl groups is 3. The number of ketones is 1. The second kappa shape index (κ2) is 8.85. The number of rotatable bonds is 6. The van der Waals surface area contributed by atoms with Crippen LogP contribution in [0.25, 0.3) is 0 Å². The summed E-state index contributed by atoms with van der Waals surface area (Å²) < 4.78 is 11.8. The molecule has 0 radical (unpaired) electrons. The topological polar surface area (TPSA) is 147 Å². The quantitative estimate of drug-likeness (QED) is 0.157. The number of carbonyl (C=O) groups is 4. The van der Waals surface area contributed by atoms with Crippen LogP contribution in [0.2, 0.25) is 0 Å². The maximum Gasteiger partial charge on any atom is 0.331 e. The summed E-state index contributed by atoms with van der Waals surface area (Å²) in [5, 5.41) is 34.3. The van der Waals surface area contributed by atoms with Crippen molar-refractivity contribution in [2.24, 2.45) is 29.1 Å². The maximum absolute atomic E-state index is 13.1. The number of Topliss-reactive ketones (excluding diaryl/α,β-unsaturated/α-hetero) is 1. The number of carbonyl (C=O) groups excluding carboxylic acids is 4. The van der Waals surface area contributed by atoms with Crippen LogP contribution < -0.4 is 0 Å². The maximum atomic E-state index is 13.1. The van der Waals surface area contributed by atoms with Crippen molar-refractivity contribution in [3.63, 3.8) is 0 Å². The van der Waals surface area contributed by atoms with E-state index in [1.54, 1.807) is 26.0 Å². The summed E-state index contributed by atoms with van der Waals surface area (Å²) in [5.41, 5.74) is -5.13. The van der Waals surface area contributed by atoms with Gasteiger partial charge in [0, 0.05) is 48.5 Å². The van der Waals surface area contributed by atoms with Crippen molar-refractivity contribution < 1.29 is 44.0 Å². The number of hydrogen-bond acceptors (Lipinski definition) is 9. The third kappa shape index (κ3) is 3.62. The first-order valence-electron chi connectivity index (χ1n) is 12.4. The van der Waals surface area contributed by atoms with Gasteiger partial charge < -0.3 is 24.8 Å². The van der Waals surface area contributed by atoms with E-state index in [4.69, 9.17) is 9.47 Å². The lowest BCUT2D eigenvalue weighted by molar-refractivity contribution is -0.226. The molecule has 0 heterocycles. The SMILES string of the molecule is CC(=O)O[C@@]12[C@H](OC(=O)/C=C/C=C/C=O)[C@@H](C)[C@@]3(O)[C@@H](C=C(CO)C[C@]4(O)C(=O)C(C)=C[C@@H]34)[C@@H]1C2(C)C. The Kier molecular flexibility index (Phi) is 6.50. The molecule has 8 atom stereocenters. The van der Waals surface area contributed by atoms with Gasteiger partial charge in [0.15, 0.2) is 11.4 Å². The second-order valence-electron chi connectivity index (χ2n) is 11.3. The first-order chi connectivity index (χ1) is 17.2. The Morgan fingerprint density at radius 3 is 2.43 bits per heavy atom. The zero-order chi connectivity index (χ0) is 27.6. The highest BCUT2D eigenvalue weighted by Gasteiger charge is 2.87. The van der Waals surface area contributed by atoms with Gasteiger partial charge >= 0.3 is 11.9 Å². The first-order valence-corrected chi connectivity index (χ1v) is 12.4. The molecular formula is C28H34O9. The summed E-state index contributed by atoms with van der Waals surface area (Å²) in [4.78, 5) is 48.8. The van der Waals surface area contributed by atoms with E-state index in [-0.39, 0.29) is 6.42 Å². The third-order valence-electron chi connectivity index (χ3n) is 9.05. The molecular weight excluding hydrogens is 480 g/mol. The lowest BCUT2D eigenvalue weighted by Gasteiger charge is -2.53. The summed E-state index contributed by atoms with van der Waals surface area (Å²) in [6.07, 6.45) is 7.55. The molecule has 4 aliphatic rings. The van der Waals surface area contributed by atoms with Gasteiger partial charge in [-0.05, 0) is 24.1 Å². The van der Waals surface area contributed by atoms with E-state index in [9.17, 15) is 34.5 Å². The van der Waals surface area contributed by atoms with Crippen LogP contribution in [0, 0.1) is 29.1 Å². The Morgan fingerprint density at radius 2 is 1.84 bits per heavy atom. The van der Waals surface area contributed by atoms with Crippen LogP contribution in [-0.4, -0.2) is 68.8 Å². The first kappa shape index (κ1) is 27.2. The fourth-order valence-corrected chi connectivity index (χ4v) is 7.47. The molecule has 0 amide bonds. The smallest absolute Gasteiger partial charge is 0.331 e. The number of esters is 2. The molecule has 9 nitrogen and oxygen atoms in total. The molecule has 2 fully saturated rings. The molecule has 4 aliphatic carbocycles. The van der Waals surface area contributed by atoms with E-state index in [0.717, 1.165) is 6.08 Å². The van der Waals surface area contributed by atoms with Gasteiger partial charge in [-0.15, -0.1) is 0 Å². The molecule has 0 unspecified atom stereocenters. The normalized spacial score (nSPS) is 41.7. The zero-order valence-electron chi connectivity index (χ0n) is 21.6. The summed E-state index contributed by atoms with van der Waals surface area (Å²) >= 11 is 0. The molecule has 4 rings (SSSR count). The predicted molar refractivity (Wildman–Crippen MR) is 131 cm³/mol. The Bertz CT molecular complexity index is 1160. The van der Waals surface area contributed by atoms with Gasteiger partial charge in [0.1, 0.15) is 18.0 Å². The number of allylic oxidation sites excluding steroid dienone is 3. The fraction of sp³-hybridized carbons (Fsp3) is 0.571. The Balaban J connectivity index is 1.89. The van der Waals surface area contributed by atoms with Gasteiger partial charge in [0.25, 0.3) is 0 Å². The molecule has 2 saturated carbocycles. The van der Waals surface area contributed by atoms with Crippen molar-refractivity contribution in [1.29, 1.82) is 0 Å². The van der Waals surface area contributed by atoms with E-state index < -0.39 is 76.3 Å². The van der Waals surface area contributed by atoms with Crippen LogP contribution in [0.5, 0.6) is 0 Å². The number of ether oxygens (including phenoxy) is 2. The minimum Gasteiger partial charge on any atom is -0.455 e. The van der Waals surface area contributed by atoms with Gasteiger partial charge in [-0.1, -0.05) is 45.1 Å². The Labute approximate surface area is 215 Å². The Morgan fingerprint density at radius 1 is 1.16 bits per heavy atom. The Hall–Kier alpha value is -2.88. The van der Waals surface area contributed by atoms with E-state index in [1.807, 2.05) is 13.8 Å². The van der Waals surface area contributed by atoms with Crippen LogP contribution in [0.4, 0.5) is 0 Å². The van der Waals surface area contributed by atoms with Gasteiger partial charge in [-0.3, -0.25) is 14.4 Å². The van der Waals surface area contributed by atoms with Crippen LogP contribution in [0.3, 0.4) is 0 Å². The number of aliphatic hydroxyl groups excluding tert-OH is 1. The van der Waals surface area contributed by atoms with Crippen molar-refractivity contribution in [3.8, 4) is 0 Å². The zero-order valence-corrected chi connectivity index (χ0v) is 21.6. The van der Waals surface area contributed by atoms with Crippen LogP contribution in [-0.2, 0) is 28.7 Å². The summed E-state index contributed by atoms with van der Waals surface area (Å²) in [5.74, 6) is -5.10. The minimum absolute atomic E-state index is 0.156.